The Morgan fingerprint density at radius 3 is 2.83 bits per heavy atom. The summed E-state index contributed by atoms with van der Waals surface area (Å²) in [5.41, 5.74) is 0.879. The smallest absolute Gasteiger partial charge is 0.133 e. The Bertz CT molecular complexity index is 538. The molecule has 0 amide bonds. The van der Waals surface area contributed by atoms with Crippen molar-refractivity contribution < 1.29 is 0 Å². The van der Waals surface area contributed by atoms with E-state index in [-0.39, 0.29) is 0 Å². The minimum atomic E-state index is 0.569. The van der Waals surface area contributed by atoms with Gasteiger partial charge in [0.1, 0.15) is 16.2 Å². The minimum Gasteiger partial charge on any atom is -0.364 e. The van der Waals surface area contributed by atoms with Gasteiger partial charge in [-0.25, -0.2) is 15.0 Å². The van der Waals surface area contributed by atoms with Crippen LogP contribution in [-0.4, -0.2) is 19.9 Å². The molecular formula is C12H12BrN5. The molecule has 6 heteroatoms. The fraction of sp³-hybridized carbons (Fsp3) is 0.333. The predicted molar refractivity (Wildman–Crippen MR) is 71.1 cm³/mol. The Morgan fingerprint density at radius 1 is 1.22 bits per heavy atom. The third kappa shape index (κ3) is 2.81. The van der Waals surface area contributed by atoms with Gasteiger partial charge in [0.15, 0.2) is 0 Å². The number of nitrogens with one attached hydrogen (secondary N) is 1. The first-order valence-electron chi connectivity index (χ1n) is 5.84. The zero-order valence-electron chi connectivity index (χ0n) is 9.67. The summed E-state index contributed by atoms with van der Waals surface area (Å²) in [5, 5.41) is 3.23. The fourth-order valence-corrected chi connectivity index (χ4v) is 1.83. The first kappa shape index (κ1) is 11.5. The summed E-state index contributed by atoms with van der Waals surface area (Å²) in [5.74, 6) is 2.36. The van der Waals surface area contributed by atoms with E-state index in [1.165, 1.54) is 12.8 Å². The summed E-state index contributed by atoms with van der Waals surface area (Å²) in [7, 11) is 0. The molecule has 1 aliphatic carbocycles. The largest absolute Gasteiger partial charge is 0.364 e. The number of nitrogens with zero attached hydrogens (tertiary/aromatic N) is 4. The van der Waals surface area contributed by atoms with Crippen molar-refractivity contribution >= 4 is 21.7 Å². The summed E-state index contributed by atoms with van der Waals surface area (Å²) in [6.07, 6.45) is 7.65. The van der Waals surface area contributed by atoms with E-state index < -0.39 is 0 Å². The maximum absolute atomic E-state index is 4.49. The van der Waals surface area contributed by atoms with Crippen molar-refractivity contribution in [2.75, 3.05) is 5.32 Å². The lowest BCUT2D eigenvalue weighted by atomic mass is 10.4. The van der Waals surface area contributed by atoms with Gasteiger partial charge < -0.3 is 5.32 Å². The highest BCUT2D eigenvalue weighted by Gasteiger charge is 2.26. The Morgan fingerprint density at radius 2 is 2.11 bits per heavy atom. The molecule has 0 atom stereocenters. The van der Waals surface area contributed by atoms with Crippen LogP contribution in [0.4, 0.5) is 5.82 Å². The van der Waals surface area contributed by atoms with Crippen molar-refractivity contribution in [3.63, 3.8) is 0 Å². The first-order chi connectivity index (χ1) is 8.81. The number of rotatable bonds is 4. The topological polar surface area (TPSA) is 63.6 Å². The van der Waals surface area contributed by atoms with Gasteiger partial charge in [0, 0.05) is 12.1 Å². The third-order valence-corrected chi connectivity index (χ3v) is 3.15. The molecule has 92 valence electrons. The van der Waals surface area contributed by atoms with Crippen molar-refractivity contribution in [1.82, 2.24) is 19.9 Å². The van der Waals surface area contributed by atoms with Crippen molar-refractivity contribution in [2.45, 2.75) is 25.3 Å². The average Bonchev–Trinajstić information content (AvgIpc) is 3.23. The number of hydrogen-bond donors (Lipinski definition) is 1. The maximum atomic E-state index is 4.49. The van der Waals surface area contributed by atoms with Gasteiger partial charge >= 0.3 is 0 Å². The molecule has 5 nitrogen and oxygen atoms in total. The van der Waals surface area contributed by atoms with Gasteiger partial charge in [0.25, 0.3) is 0 Å². The highest BCUT2D eigenvalue weighted by molar-refractivity contribution is 9.10. The van der Waals surface area contributed by atoms with Crippen LogP contribution in [0.25, 0.3) is 0 Å². The van der Waals surface area contributed by atoms with Gasteiger partial charge in [-0.1, -0.05) is 0 Å². The average molecular weight is 306 g/mol. The minimum absolute atomic E-state index is 0.569. The monoisotopic (exact) mass is 305 g/mol. The Labute approximate surface area is 113 Å². The maximum Gasteiger partial charge on any atom is 0.133 e. The first-order valence-corrected chi connectivity index (χ1v) is 6.64. The van der Waals surface area contributed by atoms with Gasteiger partial charge in [0.2, 0.25) is 0 Å². The van der Waals surface area contributed by atoms with E-state index in [9.17, 15) is 0 Å². The van der Waals surface area contributed by atoms with Crippen LogP contribution in [0, 0.1) is 0 Å². The second-order valence-electron chi connectivity index (χ2n) is 4.26. The Kier molecular flexibility index (Phi) is 3.19. The molecule has 0 bridgehead atoms. The molecule has 3 rings (SSSR count). The summed E-state index contributed by atoms with van der Waals surface area (Å²) >= 11 is 3.26. The quantitative estimate of drug-likeness (QED) is 0.940. The van der Waals surface area contributed by atoms with Gasteiger partial charge in [-0.15, -0.1) is 0 Å². The molecule has 0 radical (unpaired) electrons. The number of halogens is 1. The van der Waals surface area contributed by atoms with Crippen molar-refractivity contribution in [3.8, 4) is 0 Å². The van der Waals surface area contributed by atoms with E-state index in [0.29, 0.717) is 12.5 Å². The molecule has 1 saturated carbocycles. The van der Waals surface area contributed by atoms with Crippen LogP contribution in [0.15, 0.2) is 29.3 Å². The van der Waals surface area contributed by atoms with Crippen molar-refractivity contribution in [1.29, 1.82) is 0 Å². The normalized spacial score (nSPS) is 14.5. The van der Waals surface area contributed by atoms with Crippen molar-refractivity contribution in [2.24, 2.45) is 0 Å². The Balaban J connectivity index is 1.65. The molecule has 1 aliphatic rings. The molecule has 0 unspecified atom stereocenters. The molecule has 2 heterocycles. The van der Waals surface area contributed by atoms with Gasteiger partial charge in [-0.3, -0.25) is 4.98 Å². The fourth-order valence-electron chi connectivity index (χ4n) is 1.62. The van der Waals surface area contributed by atoms with E-state index in [1.54, 1.807) is 18.6 Å². The molecule has 1 fully saturated rings. The lowest BCUT2D eigenvalue weighted by molar-refractivity contribution is 0.913. The summed E-state index contributed by atoms with van der Waals surface area (Å²) in [6.45, 7) is 0.612. The van der Waals surface area contributed by atoms with Crippen LogP contribution >= 0.6 is 15.9 Å². The Hall–Kier alpha value is -1.56. The molecule has 0 aromatic carbocycles. The zero-order chi connectivity index (χ0) is 12.4. The van der Waals surface area contributed by atoms with Crippen LogP contribution in [0.3, 0.4) is 0 Å². The second kappa shape index (κ2) is 4.97. The lowest BCUT2D eigenvalue weighted by Crippen LogP contribution is -2.05. The number of hydrogen-bond acceptors (Lipinski definition) is 5. The number of anilines is 1. The van der Waals surface area contributed by atoms with E-state index in [0.717, 1.165) is 21.9 Å². The third-order valence-electron chi connectivity index (χ3n) is 2.74. The van der Waals surface area contributed by atoms with Crippen LogP contribution in [0.5, 0.6) is 0 Å². The SMILES string of the molecule is Brc1cnc(CNc2ccnc(C3CC3)n2)cn1. The molecule has 1 N–H and O–H groups in total. The van der Waals surface area contributed by atoms with E-state index >= 15 is 0 Å². The molecule has 0 spiro atoms. The summed E-state index contributed by atoms with van der Waals surface area (Å²) in [6, 6.07) is 1.87. The van der Waals surface area contributed by atoms with E-state index in [4.69, 9.17) is 0 Å². The standard InChI is InChI=1S/C12H12BrN5/c13-10-7-15-9(5-16-10)6-17-11-3-4-14-12(18-11)8-1-2-8/h3-5,7-8H,1-2,6H2,(H,14,17,18). The van der Waals surface area contributed by atoms with Crippen LogP contribution in [0.1, 0.15) is 30.3 Å². The molecule has 2 aromatic rings. The second-order valence-corrected chi connectivity index (χ2v) is 5.07. The van der Waals surface area contributed by atoms with E-state index in [1.807, 2.05) is 6.07 Å². The van der Waals surface area contributed by atoms with E-state index in [2.05, 4.69) is 41.2 Å². The zero-order valence-corrected chi connectivity index (χ0v) is 11.3. The molecule has 2 aromatic heterocycles. The van der Waals surface area contributed by atoms with Crippen LogP contribution < -0.4 is 5.32 Å². The van der Waals surface area contributed by atoms with Gasteiger partial charge in [-0.2, -0.15) is 0 Å². The van der Waals surface area contributed by atoms with Gasteiger partial charge in [0.05, 0.1) is 24.6 Å². The number of aromatic nitrogens is 4. The summed E-state index contributed by atoms with van der Waals surface area (Å²) < 4.78 is 0.740. The molecular weight excluding hydrogens is 294 g/mol. The molecule has 0 aliphatic heterocycles. The highest BCUT2D eigenvalue weighted by atomic mass is 79.9. The van der Waals surface area contributed by atoms with Crippen LogP contribution in [-0.2, 0) is 6.54 Å². The summed E-state index contributed by atoms with van der Waals surface area (Å²) in [4.78, 5) is 17.1. The lowest BCUT2D eigenvalue weighted by Gasteiger charge is -2.05. The molecule has 0 saturated heterocycles. The predicted octanol–water partition coefficient (Wildman–Crippen LogP) is 2.52. The van der Waals surface area contributed by atoms with Crippen molar-refractivity contribution in [3.05, 3.63) is 40.8 Å². The molecule has 18 heavy (non-hydrogen) atoms. The van der Waals surface area contributed by atoms with Crippen LogP contribution in [0.2, 0.25) is 0 Å². The van der Waals surface area contributed by atoms with Gasteiger partial charge in [-0.05, 0) is 34.8 Å². The highest BCUT2D eigenvalue weighted by Crippen LogP contribution is 2.37.